The van der Waals surface area contributed by atoms with Gasteiger partial charge >= 0.3 is 0 Å². The number of benzene rings is 4. The maximum atomic E-state index is 3.24. The lowest BCUT2D eigenvalue weighted by molar-refractivity contribution is 0.713. The van der Waals surface area contributed by atoms with Crippen LogP contribution in [0.4, 0.5) is 0 Å². The van der Waals surface area contributed by atoms with Gasteiger partial charge in [-0.3, -0.25) is 0 Å². The molecule has 4 aromatic rings. The van der Waals surface area contributed by atoms with E-state index in [9.17, 15) is 0 Å². The van der Waals surface area contributed by atoms with E-state index >= 15 is 0 Å². The normalized spacial score (nSPS) is 11.9. The van der Waals surface area contributed by atoms with E-state index in [0.29, 0.717) is 0 Å². The Balaban J connectivity index is 1.79. The van der Waals surface area contributed by atoms with Gasteiger partial charge in [0.05, 0.1) is 30.2 Å². The topological polar surface area (TPSA) is 0 Å². The van der Waals surface area contributed by atoms with Crippen molar-refractivity contribution in [1.82, 2.24) is 0 Å². The summed E-state index contributed by atoms with van der Waals surface area (Å²) in [6, 6.07) is 44.4. The zero-order valence-electron chi connectivity index (χ0n) is 18.2. The van der Waals surface area contributed by atoms with E-state index in [1.54, 1.807) is 0 Å². The lowest BCUT2D eigenvalue weighted by Gasteiger charge is -2.34. The maximum absolute atomic E-state index is 3.24. The third kappa shape index (κ3) is 4.52. The van der Waals surface area contributed by atoms with Gasteiger partial charge in [0, 0.05) is 5.16 Å². The monoisotopic (exact) mass is 441 g/mol. The maximum Gasteiger partial charge on any atom is 0.0991 e. The van der Waals surface area contributed by atoms with Crippen LogP contribution in [0.2, 0.25) is 0 Å². The van der Waals surface area contributed by atoms with Crippen molar-refractivity contribution in [3.8, 4) is 0 Å². The second-order valence-electron chi connectivity index (χ2n) is 8.13. The zero-order chi connectivity index (χ0) is 21.6. The van der Waals surface area contributed by atoms with E-state index in [0.717, 1.165) is 6.42 Å². The van der Waals surface area contributed by atoms with Crippen molar-refractivity contribution < 1.29 is 0 Å². The van der Waals surface area contributed by atoms with Gasteiger partial charge in [0.15, 0.2) is 0 Å². The molecule has 0 bridgehead atoms. The molecule has 156 valence electrons. The highest BCUT2D eigenvalue weighted by molar-refractivity contribution is 7.89. The Kier molecular flexibility index (Phi) is 7.02. The Morgan fingerprint density at radius 3 is 1.29 bits per heavy atom. The molecular formula is C29H31P2+. The molecule has 2 heteroatoms. The Labute approximate surface area is 190 Å². The van der Waals surface area contributed by atoms with Gasteiger partial charge < -0.3 is 0 Å². The molecule has 0 nitrogen and oxygen atoms in total. The SMILES string of the molecule is CC[P+](CCC(P)(c1ccccc1)c1ccccc1)(c1ccccc1)c1ccccc1. The van der Waals surface area contributed by atoms with Gasteiger partial charge in [0.1, 0.15) is 0 Å². The van der Waals surface area contributed by atoms with Crippen LogP contribution in [0, 0.1) is 0 Å². The highest BCUT2D eigenvalue weighted by atomic mass is 31.2. The highest BCUT2D eigenvalue weighted by Crippen LogP contribution is 2.59. The lowest BCUT2D eigenvalue weighted by atomic mass is 9.88. The molecule has 0 radical (unpaired) electrons. The van der Waals surface area contributed by atoms with Gasteiger partial charge in [0.25, 0.3) is 0 Å². The molecule has 0 amide bonds. The summed E-state index contributed by atoms with van der Waals surface area (Å²) in [4.78, 5) is 0. The van der Waals surface area contributed by atoms with Crippen LogP contribution in [0.3, 0.4) is 0 Å². The van der Waals surface area contributed by atoms with Gasteiger partial charge in [-0.1, -0.05) is 97.1 Å². The van der Waals surface area contributed by atoms with Gasteiger partial charge in [-0.15, -0.1) is 9.24 Å². The summed E-state index contributed by atoms with van der Waals surface area (Å²) >= 11 is 0. The predicted molar refractivity (Wildman–Crippen MR) is 142 cm³/mol. The van der Waals surface area contributed by atoms with Gasteiger partial charge in [-0.25, -0.2) is 0 Å². The highest BCUT2D eigenvalue weighted by Gasteiger charge is 2.43. The standard InChI is InChI=1S/C29H31P2/c1-2-31(27-19-11-5-12-20-27,28-21-13-6-14-22-28)24-23-29(30,25-15-7-3-8-16-25)26-17-9-4-10-18-26/h3-22H,2,23-24,30H2,1H3/q+1. The zero-order valence-corrected chi connectivity index (χ0v) is 20.2. The van der Waals surface area contributed by atoms with Crippen LogP contribution in [0.1, 0.15) is 24.5 Å². The molecule has 0 fully saturated rings. The first-order chi connectivity index (χ1) is 15.2. The van der Waals surface area contributed by atoms with Crippen LogP contribution < -0.4 is 10.6 Å². The van der Waals surface area contributed by atoms with Crippen LogP contribution in [-0.4, -0.2) is 12.3 Å². The first kappa shape index (κ1) is 22.0. The van der Waals surface area contributed by atoms with Gasteiger partial charge in [-0.05, 0) is 48.7 Å². The van der Waals surface area contributed by atoms with Crippen molar-refractivity contribution in [1.29, 1.82) is 0 Å². The minimum absolute atomic E-state index is 0.105. The van der Waals surface area contributed by atoms with E-state index in [4.69, 9.17) is 0 Å². The average molecular weight is 442 g/mol. The Morgan fingerprint density at radius 1 is 0.581 bits per heavy atom. The van der Waals surface area contributed by atoms with E-state index in [1.807, 2.05) is 0 Å². The number of rotatable bonds is 8. The molecule has 0 aromatic heterocycles. The Bertz CT molecular complexity index is 982. The van der Waals surface area contributed by atoms with Crippen LogP contribution in [0.25, 0.3) is 0 Å². The summed E-state index contributed by atoms with van der Waals surface area (Å²) in [5.41, 5.74) is 2.73. The van der Waals surface area contributed by atoms with Crippen LogP contribution in [0.15, 0.2) is 121 Å². The molecular weight excluding hydrogens is 410 g/mol. The predicted octanol–water partition coefficient (Wildman–Crippen LogP) is 6.88. The van der Waals surface area contributed by atoms with E-state index in [1.165, 1.54) is 34.1 Å². The molecule has 4 aromatic carbocycles. The quantitative estimate of drug-likeness (QED) is 0.261. The summed E-state index contributed by atoms with van der Waals surface area (Å²) < 4.78 is 0. The molecule has 0 heterocycles. The fraction of sp³-hybridized carbons (Fsp3) is 0.172. The van der Waals surface area contributed by atoms with Crippen molar-refractivity contribution >= 4 is 27.1 Å². The molecule has 0 spiro atoms. The fourth-order valence-corrected chi connectivity index (χ4v) is 9.50. The largest absolute Gasteiger partial charge is 0.121 e. The average Bonchev–Trinajstić information content (AvgIpc) is 2.87. The molecule has 31 heavy (non-hydrogen) atoms. The van der Waals surface area contributed by atoms with Crippen molar-refractivity contribution in [3.63, 3.8) is 0 Å². The van der Waals surface area contributed by atoms with E-state index in [-0.39, 0.29) is 5.16 Å². The van der Waals surface area contributed by atoms with Crippen LogP contribution >= 0.6 is 16.5 Å². The molecule has 0 saturated carbocycles. The van der Waals surface area contributed by atoms with Gasteiger partial charge in [-0.2, -0.15) is 0 Å². The van der Waals surface area contributed by atoms with Crippen molar-refractivity contribution in [2.75, 3.05) is 12.3 Å². The Morgan fingerprint density at radius 2 is 0.935 bits per heavy atom. The molecule has 0 aliphatic heterocycles. The molecule has 1 atom stereocenters. The molecule has 0 saturated heterocycles. The smallest absolute Gasteiger partial charge is 0.0991 e. The van der Waals surface area contributed by atoms with Gasteiger partial charge in [0.2, 0.25) is 0 Å². The summed E-state index contributed by atoms with van der Waals surface area (Å²) in [5.74, 6) is 0. The van der Waals surface area contributed by atoms with Crippen molar-refractivity contribution in [3.05, 3.63) is 132 Å². The molecule has 4 rings (SSSR count). The minimum atomic E-state index is -1.53. The third-order valence-electron chi connectivity index (χ3n) is 6.51. The first-order valence-corrected chi connectivity index (χ1v) is 13.8. The lowest BCUT2D eigenvalue weighted by Crippen LogP contribution is -2.30. The third-order valence-corrected chi connectivity index (χ3v) is 12.1. The number of hydrogen-bond acceptors (Lipinski definition) is 0. The molecule has 1 unspecified atom stereocenters. The molecule has 0 aliphatic carbocycles. The van der Waals surface area contributed by atoms with Crippen molar-refractivity contribution in [2.24, 2.45) is 0 Å². The van der Waals surface area contributed by atoms with Crippen molar-refractivity contribution in [2.45, 2.75) is 18.5 Å². The first-order valence-electron chi connectivity index (χ1n) is 11.1. The minimum Gasteiger partial charge on any atom is -0.121 e. The Hall–Kier alpha value is -2.26. The van der Waals surface area contributed by atoms with E-state index < -0.39 is 7.26 Å². The van der Waals surface area contributed by atoms with Crippen LogP contribution in [-0.2, 0) is 5.16 Å². The summed E-state index contributed by atoms with van der Waals surface area (Å²) in [6.07, 6.45) is 3.42. The van der Waals surface area contributed by atoms with Crippen LogP contribution in [0.5, 0.6) is 0 Å². The fourth-order valence-electron chi connectivity index (χ4n) is 4.65. The molecule has 0 aliphatic rings. The number of hydrogen-bond donors (Lipinski definition) is 0. The van der Waals surface area contributed by atoms with E-state index in [2.05, 4.69) is 137 Å². The summed E-state index contributed by atoms with van der Waals surface area (Å²) in [5, 5.41) is 2.92. The second-order valence-corrected chi connectivity index (χ2v) is 13.2. The summed E-state index contributed by atoms with van der Waals surface area (Å²) in [6.45, 7) is 2.38. The molecule has 0 N–H and O–H groups in total. The second kappa shape index (κ2) is 9.91. The summed E-state index contributed by atoms with van der Waals surface area (Å²) in [7, 11) is 1.70.